The van der Waals surface area contributed by atoms with E-state index >= 15 is 0 Å². The number of hydrogen-bond acceptors (Lipinski definition) is 4. The lowest BCUT2D eigenvalue weighted by atomic mass is 10.0. The summed E-state index contributed by atoms with van der Waals surface area (Å²) < 4.78 is 19.5. The van der Waals surface area contributed by atoms with Crippen molar-refractivity contribution in [3.63, 3.8) is 0 Å². The lowest BCUT2D eigenvalue weighted by Gasteiger charge is -2.24. The minimum atomic E-state index is -1.08. The molecule has 156 valence electrons. The zero-order chi connectivity index (χ0) is 22.1. The van der Waals surface area contributed by atoms with Gasteiger partial charge in [-0.1, -0.05) is 72.8 Å². The Bertz CT molecular complexity index is 932. The Labute approximate surface area is 180 Å². The van der Waals surface area contributed by atoms with Crippen LogP contribution < -0.4 is 10.1 Å². The van der Waals surface area contributed by atoms with Crippen LogP contribution in [0.2, 0.25) is 0 Å². The molecule has 0 bridgehead atoms. The number of carbonyl (C=O) groups excluding carboxylic acids is 1. The van der Waals surface area contributed by atoms with Gasteiger partial charge in [0.1, 0.15) is 12.4 Å². The summed E-state index contributed by atoms with van der Waals surface area (Å²) in [6, 6.07) is 26.9. The molecule has 3 aromatic rings. The van der Waals surface area contributed by atoms with E-state index in [1.165, 1.54) is 0 Å². The van der Waals surface area contributed by atoms with Crippen LogP contribution in [0.25, 0.3) is 0 Å². The van der Waals surface area contributed by atoms with Crippen molar-refractivity contribution in [2.45, 2.75) is 38.9 Å². The predicted octanol–water partition coefficient (Wildman–Crippen LogP) is 5.61. The molecule has 0 unspecified atom stereocenters. The predicted molar refractivity (Wildman–Crippen MR) is 119 cm³/mol. The van der Waals surface area contributed by atoms with E-state index in [9.17, 15) is 4.79 Å². The van der Waals surface area contributed by atoms with Crippen LogP contribution in [-0.2, 0) is 16.1 Å². The first-order valence-electron chi connectivity index (χ1n) is 10.8. The van der Waals surface area contributed by atoms with Gasteiger partial charge >= 0.3 is 5.97 Å². The van der Waals surface area contributed by atoms with Crippen LogP contribution in [0, 0.1) is 0 Å². The van der Waals surface area contributed by atoms with Gasteiger partial charge in [-0.05, 0) is 42.7 Å². The molecule has 3 rings (SSSR count). The summed E-state index contributed by atoms with van der Waals surface area (Å²) in [6.07, 6.45) is -1.08. The molecule has 0 aromatic heterocycles. The second-order valence-corrected chi connectivity index (χ2v) is 7.04. The minimum absolute atomic E-state index is 0.0394. The first kappa shape index (κ1) is 20.2. The molecule has 3 atom stereocenters. The highest BCUT2D eigenvalue weighted by molar-refractivity contribution is 5.70. The van der Waals surface area contributed by atoms with E-state index < -0.39 is 18.4 Å². The summed E-state index contributed by atoms with van der Waals surface area (Å²) in [5, 5.41) is 3.44. The molecule has 4 nitrogen and oxygen atoms in total. The Morgan fingerprint density at radius 2 is 1.57 bits per heavy atom. The molecule has 0 aliphatic rings. The summed E-state index contributed by atoms with van der Waals surface area (Å²) in [5.41, 5.74) is 3.02. The van der Waals surface area contributed by atoms with Crippen LogP contribution >= 0.6 is 0 Å². The fourth-order valence-electron chi connectivity index (χ4n) is 3.19. The van der Waals surface area contributed by atoms with Crippen LogP contribution in [0.5, 0.6) is 5.75 Å². The molecule has 0 spiro atoms. The summed E-state index contributed by atoms with van der Waals surface area (Å²) in [6.45, 7) is 4.51. The Morgan fingerprint density at radius 1 is 0.933 bits per heavy atom. The molecule has 1 N–H and O–H groups in total. The number of benzene rings is 3. The van der Waals surface area contributed by atoms with E-state index in [0.29, 0.717) is 6.61 Å². The summed E-state index contributed by atoms with van der Waals surface area (Å²) >= 11 is 0. The standard InChI is InChI=1S/C26H29NO3/c1-3-29-26(28)18-25(27-20(2)22-12-8-5-9-13-22)23-14-16-24(17-15-23)30-19-21-10-6-4-7-11-21/h4-17,20,25,27H,3,18-19H2,1-2H3/t20-,25+/m1/s1/i18D/t18-,20-,25+. The van der Waals surface area contributed by atoms with Crippen molar-refractivity contribution < 1.29 is 15.6 Å². The van der Waals surface area contributed by atoms with E-state index in [-0.39, 0.29) is 12.6 Å². The molecule has 0 saturated carbocycles. The normalized spacial score (nSPS) is 14.3. The molecule has 0 aliphatic carbocycles. The second kappa shape index (κ2) is 11.2. The van der Waals surface area contributed by atoms with Gasteiger partial charge in [-0.25, -0.2) is 0 Å². The largest absolute Gasteiger partial charge is 0.489 e. The quantitative estimate of drug-likeness (QED) is 0.446. The maximum atomic E-state index is 12.3. The molecule has 0 heterocycles. The summed E-state index contributed by atoms with van der Waals surface area (Å²) in [7, 11) is 0. The van der Waals surface area contributed by atoms with Gasteiger partial charge in [0.15, 0.2) is 0 Å². The van der Waals surface area contributed by atoms with Crippen molar-refractivity contribution >= 4 is 5.97 Å². The average Bonchev–Trinajstić information content (AvgIpc) is 2.82. The SMILES string of the molecule is [2H][C@@H](C(=O)OCC)[C@H](N[C@H](C)c1ccccc1)c1ccc(OCc2ccccc2)cc1. The molecule has 30 heavy (non-hydrogen) atoms. The molecule has 0 radical (unpaired) electrons. The zero-order valence-corrected chi connectivity index (χ0v) is 17.5. The first-order valence-corrected chi connectivity index (χ1v) is 10.2. The molecule has 0 fully saturated rings. The Morgan fingerprint density at radius 3 is 2.20 bits per heavy atom. The molecule has 0 amide bonds. The molecular weight excluding hydrogens is 374 g/mol. The number of esters is 1. The highest BCUT2D eigenvalue weighted by Crippen LogP contribution is 2.25. The lowest BCUT2D eigenvalue weighted by Crippen LogP contribution is -2.27. The van der Waals surface area contributed by atoms with Gasteiger partial charge in [-0.15, -0.1) is 0 Å². The smallest absolute Gasteiger partial charge is 0.307 e. The van der Waals surface area contributed by atoms with Gasteiger partial charge in [0.05, 0.1) is 13.0 Å². The minimum Gasteiger partial charge on any atom is -0.489 e. The number of ether oxygens (including phenoxy) is 2. The van der Waals surface area contributed by atoms with E-state index in [1.54, 1.807) is 6.92 Å². The third-order valence-electron chi connectivity index (χ3n) is 4.81. The zero-order valence-electron chi connectivity index (χ0n) is 18.5. The highest BCUT2D eigenvalue weighted by Gasteiger charge is 2.20. The Kier molecular flexibility index (Phi) is 7.51. The maximum absolute atomic E-state index is 12.3. The van der Waals surface area contributed by atoms with Crippen LogP contribution in [0.1, 0.15) is 50.4 Å². The van der Waals surface area contributed by atoms with Gasteiger partial charge in [0.2, 0.25) is 0 Å². The van der Waals surface area contributed by atoms with Gasteiger partial charge in [0, 0.05) is 13.5 Å². The summed E-state index contributed by atoms with van der Waals surface area (Å²) in [5.74, 6) is 0.199. The van der Waals surface area contributed by atoms with Crippen molar-refractivity contribution in [3.05, 3.63) is 102 Å². The van der Waals surface area contributed by atoms with E-state index in [1.807, 2.05) is 91.9 Å². The Balaban J connectivity index is 1.75. The highest BCUT2D eigenvalue weighted by atomic mass is 16.5. The van der Waals surface area contributed by atoms with Gasteiger partial charge in [0.25, 0.3) is 0 Å². The van der Waals surface area contributed by atoms with E-state index in [0.717, 1.165) is 22.4 Å². The third kappa shape index (κ3) is 6.46. The monoisotopic (exact) mass is 404 g/mol. The second-order valence-electron chi connectivity index (χ2n) is 7.04. The average molecular weight is 405 g/mol. The van der Waals surface area contributed by atoms with E-state index in [4.69, 9.17) is 10.8 Å². The topological polar surface area (TPSA) is 47.6 Å². The van der Waals surface area contributed by atoms with Crippen molar-refractivity contribution in [2.24, 2.45) is 0 Å². The maximum Gasteiger partial charge on any atom is 0.307 e. The third-order valence-corrected chi connectivity index (χ3v) is 4.81. The van der Waals surface area contributed by atoms with Crippen LogP contribution in [-0.4, -0.2) is 12.6 Å². The van der Waals surface area contributed by atoms with Gasteiger partial charge in [-0.3, -0.25) is 4.79 Å². The van der Waals surface area contributed by atoms with Crippen molar-refractivity contribution in [1.29, 1.82) is 0 Å². The molecular formula is C26H29NO3. The lowest BCUT2D eigenvalue weighted by molar-refractivity contribution is -0.143. The van der Waals surface area contributed by atoms with Crippen LogP contribution in [0.3, 0.4) is 0 Å². The number of nitrogens with one attached hydrogen (secondary N) is 1. The van der Waals surface area contributed by atoms with Gasteiger partial charge < -0.3 is 14.8 Å². The van der Waals surface area contributed by atoms with Crippen molar-refractivity contribution in [2.75, 3.05) is 6.61 Å². The van der Waals surface area contributed by atoms with Gasteiger partial charge in [-0.2, -0.15) is 0 Å². The number of rotatable bonds is 10. The number of carbonyl (C=O) groups is 1. The fourth-order valence-corrected chi connectivity index (χ4v) is 3.19. The molecule has 4 heteroatoms. The summed E-state index contributed by atoms with van der Waals surface area (Å²) in [4.78, 5) is 12.3. The molecule has 0 saturated heterocycles. The number of hydrogen-bond donors (Lipinski definition) is 1. The van der Waals surface area contributed by atoms with Crippen molar-refractivity contribution in [3.8, 4) is 5.75 Å². The van der Waals surface area contributed by atoms with Crippen molar-refractivity contribution in [1.82, 2.24) is 5.32 Å². The molecule has 0 aliphatic heterocycles. The first-order chi connectivity index (χ1) is 15.1. The van der Waals surface area contributed by atoms with Crippen LogP contribution in [0.4, 0.5) is 0 Å². The molecule has 3 aromatic carbocycles. The van der Waals surface area contributed by atoms with Crippen LogP contribution in [0.15, 0.2) is 84.9 Å². The fraction of sp³-hybridized carbons (Fsp3) is 0.269. The van der Waals surface area contributed by atoms with E-state index in [2.05, 4.69) is 5.32 Å². The Hall–Kier alpha value is -3.11.